The van der Waals surface area contributed by atoms with Gasteiger partial charge in [-0.1, -0.05) is 54.3 Å². The lowest BCUT2D eigenvalue weighted by atomic mass is 10.0. The standard InChI is InChI=1S/C24H23NO4S/c1-24(2)17-20-10-7-11-22(23(20)29-24)28-15-6-5-14-25-30(26,27)21-13-12-18-8-3-4-9-19(18)16-21/h3-4,7-13,16,25H,14-15,17H2,1-2H3. The Morgan fingerprint density at radius 1 is 1.03 bits per heavy atom. The monoisotopic (exact) mass is 421 g/mol. The van der Waals surface area contributed by atoms with Crippen LogP contribution in [0.1, 0.15) is 19.4 Å². The van der Waals surface area contributed by atoms with Gasteiger partial charge in [0.15, 0.2) is 11.5 Å². The molecule has 0 atom stereocenters. The summed E-state index contributed by atoms with van der Waals surface area (Å²) in [5, 5.41) is 1.87. The number of para-hydroxylation sites is 1. The molecule has 0 aliphatic carbocycles. The number of hydrogen-bond donors (Lipinski definition) is 1. The largest absolute Gasteiger partial charge is 0.483 e. The summed E-state index contributed by atoms with van der Waals surface area (Å²) in [7, 11) is -3.63. The van der Waals surface area contributed by atoms with Crippen LogP contribution in [0.2, 0.25) is 0 Å². The van der Waals surface area contributed by atoms with E-state index in [0.717, 1.165) is 28.5 Å². The maximum absolute atomic E-state index is 12.5. The van der Waals surface area contributed by atoms with E-state index in [1.54, 1.807) is 18.2 Å². The number of sulfonamides is 1. The minimum Gasteiger partial charge on any atom is -0.483 e. The van der Waals surface area contributed by atoms with E-state index in [9.17, 15) is 8.42 Å². The fraction of sp³-hybridized carbons (Fsp3) is 0.250. The van der Waals surface area contributed by atoms with Gasteiger partial charge in [0.2, 0.25) is 10.0 Å². The Labute approximate surface area is 177 Å². The molecule has 0 aromatic heterocycles. The third kappa shape index (κ3) is 4.43. The van der Waals surface area contributed by atoms with Crippen LogP contribution < -0.4 is 14.2 Å². The quantitative estimate of drug-likeness (QED) is 0.635. The third-order valence-electron chi connectivity index (χ3n) is 4.86. The maximum atomic E-state index is 12.5. The average Bonchev–Trinajstić information content (AvgIpc) is 3.04. The van der Waals surface area contributed by atoms with Gasteiger partial charge in [0.25, 0.3) is 0 Å². The van der Waals surface area contributed by atoms with Crippen LogP contribution in [0.25, 0.3) is 10.8 Å². The molecule has 3 aromatic carbocycles. The molecule has 30 heavy (non-hydrogen) atoms. The molecule has 1 aliphatic rings. The number of nitrogens with one attached hydrogen (secondary N) is 1. The smallest absolute Gasteiger partial charge is 0.241 e. The molecule has 4 rings (SSSR count). The Bertz CT molecular complexity index is 1250. The van der Waals surface area contributed by atoms with E-state index in [1.807, 2.05) is 56.3 Å². The lowest BCUT2D eigenvalue weighted by Gasteiger charge is -2.17. The molecule has 0 fully saturated rings. The van der Waals surface area contributed by atoms with E-state index in [4.69, 9.17) is 9.47 Å². The predicted molar refractivity (Wildman–Crippen MR) is 117 cm³/mol. The molecule has 0 spiro atoms. The predicted octanol–water partition coefficient (Wildman–Crippen LogP) is 3.91. The Morgan fingerprint density at radius 3 is 2.67 bits per heavy atom. The van der Waals surface area contributed by atoms with Crippen LogP contribution in [0.3, 0.4) is 0 Å². The van der Waals surface area contributed by atoms with Crippen molar-refractivity contribution in [1.29, 1.82) is 0 Å². The second-order valence-corrected chi connectivity index (χ2v) is 9.53. The Hall–Kier alpha value is -3.01. The molecular weight excluding hydrogens is 398 g/mol. The molecule has 0 amide bonds. The highest BCUT2D eigenvalue weighted by Gasteiger charge is 2.32. The molecule has 5 nitrogen and oxygen atoms in total. The van der Waals surface area contributed by atoms with Crippen LogP contribution >= 0.6 is 0 Å². The van der Waals surface area contributed by atoms with Crippen molar-refractivity contribution in [1.82, 2.24) is 4.72 Å². The summed E-state index contributed by atoms with van der Waals surface area (Å²) < 4.78 is 39.2. The van der Waals surface area contributed by atoms with Crippen molar-refractivity contribution in [3.8, 4) is 23.3 Å². The van der Waals surface area contributed by atoms with Crippen LogP contribution in [0, 0.1) is 11.8 Å². The number of hydrogen-bond acceptors (Lipinski definition) is 4. The van der Waals surface area contributed by atoms with Crippen molar-refractivity contribution in [3.63, 3.8) is 0 Å². The van der Waals surface area contributed by atoms with Gasteiger partial charge in [-0.05, 0) is 42.8 Å². The van der Waals surface area contributed by atoms with E-state index in [1.165, 1.54) is 0 Å². The molecule has 6 heteroatoms. The van der Waals surface area contributed by atoms with Gasteiger partial charge >= 0.3 is 0 Å². The first-order chi connectivity index (χ1) is 14.3. The summed E-state index contributed by atoms with van der Waals surface area (Å²) in [6.07, 6.45) is 0.835. The molecule has 0 radical (unpaired) electrons. The first-order valence-corrected chi connectivity index (χ1v) is 11.2. The molecule has 1 aliphatic heterocycles. The van der Waals surface area contributed by atoms with Gasteiger partial charge in [0.1, 0.15) is 12.2 Å². The first-order valence-electron chi connectivity index (χ1n) is 9.72. The fourth-order valence-corrected chi connectivity index (χ4v) is 4.44. The summed E-state index contributed by atoms with van der Waals surface area (Å²) in [4.78, 5) is 0.221. The molecule has 1 N–H and O–H groups in total. The molecule has 1 heterocycles. The van der Waals surface area contributed by atoms with Gasteiger partial charge in [-0.25, -0.2) is 8.42 Å². The second-order valence-electron chi connectivity index (χ2n) is 7.76. The molecule has 0 unspecified atom stereocenters. The van der Waals surface area contributed by atoms with Gasteiger partial charge in [-0.2, -0.15) is 4.72 Å². The minimum absolute atomic E-state index is 0.00888. The van der Waals surface area contributed by atoms with E-state index in [-0.39, 0.29) is 23.6 Å². The van der Waals surface area contributed by atoms with Crippen molar-refractivity contribution >= 4 is 20.8 Å². The number of ether oxygens (including phenoxy) is 2. The third-order valence-corrected chi connectivity index (χ3v) is 6.26. The number of fused-ring (bicyclic) bond motifs is 2. The zero-order valence-electron chi connectivity index (χ0n) is 16.9. The summed E-state index contributed by atoms with van der Waals surface area (Å²) >= 11 is 0. The van der Waals surface area contributed by atoms with Crippen LogP contribution in [0.4, 0.5) is 0 Å². The molecule has 154 valence electrons. The maximum Gasteiger partial charge on any atom is 0.241 e. The van der Waals surface area contributed by atoms with E-state index < -0.39 is 10.0 Å². The van der Waals surface area contributed by atoms with Crippen LogP contribution in [0.15, 0.2) is 65.6 Å². The van der Waals surface area contributed by atoms with Crippen LogP contribution in [-0.4, -0.2) is 27.2 Å². The van der Waals surface area contributed by atoms with Gasteiger partial charge in [0.05, 0.1) is 11.4 Å². The molecule has 0 saturated carbocycles. The van der Waals surface area contributed by atoms with Crippen LogP contribution in [-0.2, 0) is 16.4 Å². The molecule has 0 saturated heterocycles. The lowest BCUT2D eigenvalue weighted by Crippen LogP contribution is -2.24. The van der Waals surface area contributed by atoms with Crippen molar-refractivity contribution in [2.24, 2.45) is 0 Å². The minimum atomic E-state index is -3.63. The van der Waals surface area contributed by atoms with Crippen molar-refractivity contribution < 1.29 is 17.9 Å². The summed E-state index contributed by atoms with van der Waals surface area (Å²) in [5.74, 6) is 7.06. The summed E-state index contributed by atoms with van der Waals surface area (Å²) in [5.41, 5.74) is 0.878. The van der Waals surface area contributed by atoms with E-state index in [2.05, 4.69) is 16.6 Å². The molecule has 0 bridgehead atoms. The van der Waals surface area contributed by atoms with Gasteiger partial charge in [-0.3, -0.25) is 0 Å². The average molecular weight is 422 g/mol. The van der Waals surface area contributed by atoms with Gasteiger partial charge in [-0.15, -0.1) is 0 Å². The fourth-order valence-electron chi connectivity index (χ4n) is 3.48. The summed E-state index contributed by atoms with van der Waals surface area (Å²) in [6, 6.07) is 18.5. The number of benzene rings is 3. The highest BCUT2D eigenvalue weighted by molar-refractivity contribution is 7.89. The van der Waals surface area contributed by atoms with Gasteiger partial charge < -0.3 is 9.47 Å². The summed E-state index contributed by atoms with van der Waals surface area (Å²) in [6.45, 7) is 4.24. The Kier molecular flexibility index (Phi) is 5.42. The van der Waals surface area contributed by atoms with Crippen molar-refractivity contribution in [2.45, 2.75) is 30.8 Å². The van der Waals surface area contributed by atoms with Gasteiger partial charge in [0, 0.05) is 12.0 Å². The highest BCUT2D eigenvalue weighted by Crippen LogP contribution is 2.41. The van der Waals surface area contributed by atoms with E-state index >= 15 is 0 Å². The SMILES string of the molecule is CC1(C)Cc2cccc(OCC#CCNS(=O)(=O)c3ccc4ccccc4c3)c2O1. The zero-order valence-corrected chi connectivity index (χ0v) is 17.8. The normalized spacial score (nSPS) is 14.5. The molecule has 3 aromatic rings. The lowest BCUT2D eigenvalue weighted by molar-refractivity contribution is 0.133. The topological polar surface area (TPSA) is 64.6 Å². The second kappa shape index (κ2) is 8.02. The first kappa shape index (κ1) is 20.3. The van der Waals surface area contributed by atoms with Crippen molar-refractivity contribution in [3.05, 3.63) is 66.2 Å². The highest BCUT2D eigenvalue weighted by atomic mass is 32.2. The Balaban J connectivity index is 1.34. The van der Waals surface area contributed by atoms with Crippen molar-refractivity contribution in [2.75, 3.05) is 13.2 Å². The number of rotatable bonds is 5. The molecular formula is C24H23NO4S. The zero-order chi connectivity index (χ0) is 21.2. The Morgan fingerprint density at radius 2 is 1.83 bits per heavy atom. The van der Waals surface area contributed by atoms with E-state index in [0.29, 0.717) is 5.75 Å². The van der Waals surface area contributed by atoms with Crippen LogP contribution in [0.5, 0.6) is 11.5 Å².